The van der Waals surface area contributed by atoms with E-state index in [1.165, 1.54) is 0 Å². The van der Waals surface area contributed by atoms with E-state index in [4.69, 9.17) is 15.2 Å². The molecule has 0 aliphatic carbocycles. The maximum Gasteiger partial charge on any atom is 0.184 e. The Labute approximate surface area is 119 Å². The molecule has 0 spiro atoms. The van der Waals surface area contributed by atoms with Gasteiger partial charge in [-0.25, -0.2) is 0 Å². The summed E-state index contributed by atoms with van der Waals surface area (Å²) in [5.41, 5.74) is 8.58. The van der Waals surface area contributed by atoms with Crippen molar-refractivity contribution in [2.75, 3.05) is 13.7 Å². The van der Waals surface area contributed by atoms with Crippen LogP contribution in [0.3, 0.4) is 0 Å². The summed E-state index contributed by atoms with van der Waals surface area (Å²) in [5, 5.41) is 4.00. The molecular weight excluding hydrogens is 318 g/mol. The second-order valence-corrected chi connectivity index (χ2v) is 4.49. The third-order valence-electron chi connectivity index (χ3n) is 1.96. The van der Waals surface area contributed by atoms with E-state index >= 15 is 0 Å². The second kappa shape index (κ2) is 7.17. The van der Waals surface area contributed by atoms with Crippen LogP contribution in [-0.2, 0) is 0 Å². The maximum absolute atomic E-state index is 5.47. The third-order valence-corrected chi connectivity index (χ3v) is 2.74. The van der Waals surface area contributed by atoms with Crippen LogP contribution in [0.25, 0.3) is 0 Å². The van der Waals surface area contributed by atoms with Crippen molar-refractivity contribution in [3.8, 4) is 11.5 Å². The number of hydrogen-bond acceptors (Lipinski definition) is 4. The topological polar surface area (TPSA) is 68.9 Å². The molecule has 98 valence electrons. The lowest BCUT2D eigenvalue weighted by Crippen LogP contribution is -2.24. The van der Waals surface area contributed by atoms with Crippen molar-refractivity contribution in [2.45, 2.75) is 6.92 Å². The molecule has 5 nitrogen and oxygen atoms in total. The highest BCUT2D eigenvalue weighted by Crippen LogP contribution is 2.32. The maximum atomic E-state index is 5.47. The first-order valence-electron chi connectivity index (χ1n) is 5.17. The van der Waals surface area contributed by atoms with Gasteiger partial charge in [0.15, 0.2) is 16.6 Å². The van der Waals surface area contributed by atoms with Crippen molar-refractivity contribution >= 4 is 39.5 Å². The molecule has 0 aromatic heterocycles. The number of benzene rings is 1. The summed E-state index contributed by atoms with van der Waals surface area (Å²) in [5.74, 6) is 1.31. The van der Waals surface area contributed by atoms with E-state index in [-0.39, 0.29) is 5.11 Å². The summed E-state index contributed by atoms with van der Waals surface area (Å²) >= 11 is 8.07. The summed E-state index contributed by atoms with van der Waals surface area (Å²) in [6.45, 7) is 2.46. The molecule has 7 heteroatoms. The van der Waals surface area contributed by atoms with E-state index in [0.717, 1.165) is 10.0 Å². The summed E-state index contributed by atoms with van der Waals surface area (Å²) in [4.78, 5) is 0. The van der Waals surface area contributed by atoms with Gasteiger partial charge in [0, 0.05) is 10.0 Å². The number of ether oxygens (including phenoxy) is 2. The first-order valence-corrected chi connectivity index (χ1v) is 6.37. The fourth-order valence-electron chi connectivity index (χ4n) is 1.24. The van der Waals surface area contributed by atoms with Gasteiger partial charge < -0.3 is 15.2 Å². The van der Waals surface area contributed by atoms with Crippen LogP contribution in [0.15, 0.2) is 21.7 Å². The van der Waals surface area contributed by atoms with Crippen LogP contribution in [0.4, 0.5) is 0 Å². The molecule has 0 heterocycles. The second-order valence-electron chi connectivity index (χ2n) is 3.19. The van der Waals surface area contributed by atoms with Gasteiger partial charge in [-0.1, -0.05) is 0 Å². The average Bonchev–Trinajstić information content (AvgIpc) is 2.32. The van der Waals surface area contributed by atoms with Crippen molar-refractivity contribution < 1.29 is 9.47 Å². The normalized spacial score (nSPS) is 10.4. The number of nitrogens with two attached hydrogens (primary N) is 1. The fourth-order valence-corrected chi connectivity index (χ4v) is 1.72. The van der Waals surface area contributed by atoms with E-state index < -0.39 is 0 Å². The number of thiocarbonyl (C=S) groups is 1. The van der Waals surface area contributed by atoms with Crippen LogP contribution in [-0.4, -0.2) is 25.0 Å². The standard InChI is InChI=1S/C11H14BrN3O2S/c1-3-17-10-4-7(6-14-15-11(13)18)8(12)5-9(10)16-2/h4-6H,3H2,1-2H3,(H3,13,15,18). The summed E-state index contributed by atoms with van der Waals surface area (Å²) in [6, 6.07) is 3.63. The molecule has 1 aromatic rings. The van der Waals surface area contributed by atoms with Crippen LogP contribution >= 0.6 is 28.1 Å². The van der Waals surface area contributed by atoms with Crippen LogP contribution < -0.4 is 20.6 Å². The first-order chi connectivity index (χ1) is 8.58. The van der Waals surface area contributed by atoms with Gasteiger partial charge in [0.05, 0.1) is 19.9 Å². The minimum absolute atomic E-state index is 0.112. The van der Waals surface area contributed by atoms with Crippen molar-refractivity contribution in [1.29, 1.82) is 0 Å². The Morgan fingerprint density at radius 2 is 2.28 bits per heavy atom. The summed E-state index contributed by atoms with van der Waals surface area (Å²) < 4.78 is 11.5. The molecule has 3 N–H and O–H groups in total. The van der Waals surface area contributed by atoms with Crippen LogP contribution in [0.1, 0.15) is 12.5 Å². The van der Waals surface area contributed by atoms with Crippen molar-refractivity contribution in [1.82, 2.24) is 5.43 Å². The van der Waals surface area contributed by atoms with E-state index in [1.54, 1.807) is 13.3 Å². The monoisotopic (exact) mass is 331 g/mol. The number of nitrogens with zero attached hydrogens (tertiary/aromatic N) is 1. The fraction of sp³-hybridized carbons (Fsp3) is 0.273. The number of halogens is 1. The number of hydrogen-bond donors (Lipinski definition) is 2. The highest BCUT2D eigenvalue weighted by Gasteiger charge is 2.08. The highest BCUT2D eigenvalue weighted by molar-refractivity contribution is 9.10. The van der Waals surface area contributed by atoms with E-state index in [0.29, 0.717) is 18.1 Å². The SMILES string of the molecule is CCOc1cc(C=NNC(N)=S)c(Br)cc1OC. The number of rotatable bonds is 5. The van der Waals surface area contributed by atoms with Gasteiger partial charge in [0.2, 0.25) is 0 Å². The molecule has 0 atom stereocenters. The Morgan fingerprint density at radius 1 is 1.56 bits per heavy atom. The Kier molecular flexibility index (Phi) is 5.87. The van der Waals surface area contributed by atoms with E-state index in [2.05, 4.69) is 38.7 Å². The molecule has 1 aromatic carbocycles. The molecule has 0 radical (unpaired) electrons. The van der Waals surface area contributed by atoms with Crippen LogP contribution in [0, 0.1) is 0 Å². The quantitative estimate of drug-likeness (QED) is 0.491. The summed E-state index contributed by atoms with van der Waals surface area (Å²) in [6.07, 6.45) is 1.59. The highest BCUT2D eigenvalue weighted by atomic mass is 79.9. The molecule has 0 saturated carbocycles. The Balaban J connectivity index is 3.01. The molecule has 0 unspecified atom stereocenters. The molecule has 0 amide bonds. The van der Waals surface area contributed by atoms with Gasteiger partial charge >= 0.3 is 0 Å². The number of nitrogens with one attached hydrogen (secondary N) is 1. The molecule has 1 rings (SSSR count). The van der Waals surface area contributed by atoms with Crippen LogP contribution in [0.5, 0.6) is 11.5 Å². The molecule has 0 aliphatic rings. The zero-order chi connectivity index (χ0) is 13.5. The van der Waals surface area contributed by atoms with Gasteiger partial charge in [-0.15, -0.1) is 0 Å². The van der Waals surface area contributed by atoms with Gasteiger partial charge in [0.25, 0.3) is 0 Å². The first kappa shape index (κ1) is 14.7. The average molecular weight is 332 g/mol. The molecule has 0 aliphatic heterocycles. The lowest BCUT2D eigenvalue weighted by Gasteiger charge is -2.11. The largest absolute Gasteiger partial charge is 0.493 e. The predicted molar refractivity (Wildman–Crippen MR) is 79.4 cm³/mol. The summed E-state index contributed by atoms with van der Waals surface area (Å²) in [7, 11) is 1.59. The Hall–Kier alpha value is -1.34. The van der Waals surface area contributed by atoms with Crippen molar-refractivity contribution in [2.24, 2.45) is 10.8 Å². The van der Waals surface area contributed by atoms with Crippen molar-refractivity contribution in [3.05, 3.63) is 22.2 Å². The zero-order valence-electron chi connectivity index (χ0n) is 10.1. The van der Waals surface area contributed by atoms with E-state index in [1.807, 2.05) is 19.1 Å². The zero-order valence-corrected chi connectivity index (χ0v) is 12.5. The molecule has 0 saturated heterocycles. The van der Waals surface area contributed by atoms with Gasteiger partial charge in [-0.2, -0.15) is 5.10 Å². The van der Waals surface area contributed by atoms with Gasteiger partial charge in [-0.05, 0) is 47.2 Å². The Bertz CT molecular complexity index is 466. The molecule has 0 fully saturated rings. The van der Waals surface area contributed by atoms with E-state index in [9.17, 15) is 0 Å². The third kappa shape index (κ3) is 4.15. The molecule has 18 heavy (non-hydrogen) atoms. The predicted octanol–water partition coefficient (Wildman–Crippen LogP) is 2.02. The van der Waals surface area contributed by atoms with Gasteiger partial charge in [-0.3, -0.25) is 5.43 Å². The van der Waals surface area contributed by atoms with Gasteiger partial charge in [0.1, 0.15) is 0 Å². The number of methoxy groups -OCH3 is 1. The van der Waals surface area contributed by atoms with Crippen molar-refractivity contribution in [3.63, 3.8) is 0 Å². The lowest BCUT2D eigenvalue weighted by molar-refractivity contribution is 0.311. The molecular formula is C11H14BrN3O2S. The molecule has 0 bridgehead atoms. The minimum atomic E-state index is 0.112. The smallest absolute Gasteiger partial charge is 0.184 e. The minimum Gasteiger partial charge on any atom is -0.493 e. The van der Waals surface area contributed by atoms with Crippen LogP contribution in [0.2, 0.25) is 0 Å². The Morgan fingerprint density at radius 3 is 2.83 bits per heavy atom. The number of hydrazone groups is 1. The lowest BCUT2D eigenvalue weighted by atomic mass is 10.2.